The molecule has 152 valence electrons. The van der Waals surface area contributed by atoms with Gasteiger partial charge in [-0.15, -0.1) is 0 Å². The summed E-state index contributed by atoms with van der Waals surface area (Å²) < 4.78 is 54.2. The number of nitrogens with zero attached hydrogens (tertiary/aromatic N) is 1. The SMILES string of the molecule is CC(C)Cc1ccc(S(=O)(=O)Nc2ccc(S(=O)(=O)N3CCCC3)cc2)cc1. The van der Waals surface area contributed by atoms with Gasteiger partial charge in [0, 0.05) is 18.8 Å². The quantitative estimate of drug-likeness (QED) is 0.741. The van der Waals surface area contributed by atoms with Gasteiger partial charge in [-0.25, -0.2) is 16.8 Å². The highest BCUT2D eigenvalue weighted by atomic mass is 32.2. The molecular formula is C20H26N2O4S2. The molecule has 1 aliphatic rings. The zero-order chi connectivity index (χ0) is 20.4. The van der Waals surface area contributed by atoms with E-state index in [0.29, 0.717) is 24.7 Å². The summed E-state index contributed by atoms with van der Waals surface area (Å²) in [6.07, 6.45) is 2.63. The molecule has 1 N–H and O–H groups in total. The Morgan fingerprint density at radius 2 is 1.39 bits per heavy atom. The van der Waals surface area contributed by atoms with E-state index in [4.69, 9.17) is 0 Å². The minimum atomic E-state index is -3.73. The summed E-state index contributed by atoms with van der Waals surface area (Å²) in [5.41, 5.74) is 1.41. The van der Waals surface area contributed by atoms with Crippen LogP contribution in [0.3, 0.4) is 0 Å². The van der Waals surface area contributed by atoms with Crippen LogP contribution in [0.15, 0.2) is 58.3 Å². The molecule has 1 aliphatic heterocycles. The standard InChI is InChI=1S/C20H26N2O4S2/c1-16(2)15-17-5-9-19(10-6-17)27(23,24)21-18-7-11-20(12-8-18)28(25,26)22-13-3-4-14-22/h5-12,16,21H,3-4,13-15H2,1-2H3. The Morgan fingerprint density at radius 1 is 0.857 bits per heavy atom. The first-order valence-corrected chi connectivity index (χ1v) is 12.3. The molecular weight excluding hydrogens is 396 g/mol. The van der Waals surface area contributed by atoms with E-state index in [-0.39, 0.29) is 9.79 Å². The molecule has 1 saturated heterocycles. The molecule has 0 bridgehead atoms. The molecule has 0 amide bonds. The van der Waals surface area contributed by atoms with E-state index in [1.54, 1.807) is 12.1 Å². The van der Waals surface area contributed by atoms with Gasteiger partial charge >= 0.3 is 0 Å². The van der Waals surface area contributed by atoms with E-state index >= 15 is 0 Å². The van der Waals surface area contributed by atoms with Gasteiger partial charge in [-0.1, -0.05) is 26.0 Å². The minimum Gasteiger partial charge on any atom is -0.280 e. The van der Waals surface area contributed by atoms with E-state index < -0.39 is 20.0 Å². The van der Waals surface area contributed by atoms with Gasteiger partial charge in [0.2, 0.25) is 10.0 Å². The van der Waals surface area contributed by atoms with Crippen molar-refractivity contribution in [2.24, 2.45) is 5.92 Å². The van der Waals surface area contributed by atoms with Crippen LogP contribution in [0.1, 0.15) is 32.3 Å². The van der Waals surface area contributed by atoms with Crippen LogP contribution in [0.5, 0.6) is 0 Å². The van der Waals surface area contributed by atoms with Gasteiger partial charge in [0.1, 0.15) is 0 Å². The third-order valence-electron chi connectivity index (χ3n) is 4.69. The molecule has 2 aromatic rings. The van der Waals surface area contributed by atoms with Gasteiger partial charge in [0.05, 0.1) is 9.79 Å². The second-order valence-corrected chi connectivity index (χ2v) is 11.1. The topological polar surface area (TPSA) is 83.5 Å². The van der Waals surface area contributed by atoms with Gasteiger partial charge in [-0.2, -0.15) is 4.31 Å². The van der Waals surface area contributed by atoms with Gasteiger partial charge in [-0.05, 0) is 67.1 Å². The summed E-state index contributed by atoms with van der Waals surface area (Å²) in [7, 11) is -7.24. The van der Waals surface area contributed by atoms with Crippen molar-refractivity contribution in [1.82, 2.24) is 4.31 Å². The average molecular weight is 423 g/mol. The summed E-state index contributed by atoms with van der Waals surface area (Å²) in [4.78, 5) is 0.351. The first-order valence-electron chi connectivity index (χ1n) is 9.40. The highest BCUT2D eigenvalue weighted by Crippen LogP contribution is 2.23. The first kappa shape index (κ1) is 20.8. The van der Waals surface area contributed by atoms with Gasteiger partial charge < -0.3 is 0 Å². The van der Waals surface area contributed by atoms with Crippen LogP contribution in [0, 0.1) is 5.92 Å². The number of hydrogen-bond acceptors (Lipinski definition) is 4. The molecule has 0 radical (unpaired) electrons. The van der Waals surface area contributed by atoms with Crippen LogP contribution < -0.4 is 4.72 Å². The Morgan fingerprint density at radius 3 is 1.93 bits per heavy atom. The Balaban J connectivity index is 1.74. The highest BCUT2D eigenvalue weighted by molar-refractivity contribution is 7.92. The fourth-order valence-electron chi connectivity index (χ4n) is 3.26. The molecule has 3 rings (SSSR count). The molecule has 0 aromatic heterocycles. The maximum atomic E-state index is 12.6. The molecule has 28 heavy (non-hydrogen) atoms. The molecule has 1 fully saturated rings. The van der Waals surface area contributed by atoms with Crippen molar-refractivity contribution in [2.45, 2.75) is 42.9 Å². The number of benzene rings is 2. The van der Waals surface area contributed by atoms with E-state index in [1.807, 2.05) is 12.1 Å². The number of nitrogens with one attached hydrogen (secondary N) is 1. The highest BCUT2D eigenvalue weighted by Gasteiger charge is 2.27. The molecule has 0 unspecified atom stereocenters. The summed E-state index contributed by atoms with van der Waals surface area (Å²) in [5, 5.41) is 0. The predicted molar refractivity (Wildman–Crippen MR) is 110 cm³/mol. The molecule has 0 atom stereocenters. The predicted octanol–water partition coefficient (Wildman–Crippen LogP) is 3.47. The lowest BCUT2D eigenvalue weighted by Crippen LogP contribution is -2.27. The summed E-state index contributed by atoms with van der Waals surface area (Å²) in [6.45, 7) is 5.28. The third kappa shape index (κ3) is 4.74. The lowest BCUT2D eigenvalue weighted by molar-refractivity contribution is 0.477. The van der Waals surface area contributed by atoms with Crippen molar-refractivity contribution < 1.29 is 16.8 Å². The van der Waals surface area contributed by atoms with Crippen LogP contribution >= 0.6 is 0 Å². The van der Waals surface area contributed by atoms with Crippen LogP contribution in [-0.2, 0) is 26.5 Å². The van der Waals surface area contributed by atoms with E-state index in [1.165, 1.54) is 28.6 Å². The number of hydrogen-bond donors (Lipinski definition) is 1. The summed E-state index contributed by atoms with van der Waals surface area (Å²) in [5.74, 6) is 0.496. The molecule has 6 nitrogen and oxygen atoms in total. The second-order valence-electron chi connectivity index (χ2n) is 7.48. The normalized spacial score (nSPS) is 15.8. The zero-order valence-corrected chi connectivity index (χ0v) is 17.8. The van der Waals surface area contributed by atoms with E-state index in [2.05, 4.69) is 18.6 Å². The van der Waals surface area contributed by atoms with Crippen molar-refractivity contribution in [3.05, 3.63) is 54.1 Å². The number of sulfonamides is 2. The number of rotatable bonds is 7. The summed E-state index contributed by atoms with van der Waals surface area (Å²) >= 11 is 0. The van der Waals surface area contributed by atoms with Gasteiger partial charge in [-0.3, -0.25) is 4.72 Å². The van der Waals surface area contributed by atoms with Crippen LogP contribution in [-0.4, -0.2) is 34.2 Å². The van der Waals surface area contributed by atoms with E-state index in [9.17, 15) is 16.8 Å². The Bertz CT molecular complexity index is 1010. The second kappa shape index (κ2) is 8.23. The maximum absolute atomic E-state index is 12.6. The lowest BCUT2D eigenvalue weighted by Gasteiger charge is -2.16. The largest absolute Gasteiger partial charge is 0.280 e. The van der Waals surface area contributed by atoms with Crippen LogP contribution in [0.4, 0.5) is 5.69 Å². The Labute approximate surface area is 167 Å². The van der Waals surface area contributed by atoms with Crippen molar-refractivity contribution >= 4 is 25.7 Å². The fraction of sp³-hybridized carbons (Fsp3) is 0.400. The molecule has 0 aliphatic carbocycles. The minimum absolute atomic E-state index is 0.175. The molecule has 8 heteroatoms. The third-order valence-corrected chi connectivity index (χ3v) is 8.00. The Kier molecular flexibility index (Phi) is 6.12. The maximum Gasteiger partial charge on any atom is 0.261 e. The average Bonchev–Trinajstić information content (AvgIpc) is 3.17. The van der Waals surface area contributed by atoms with E-state index in [0.717, 1.165) is 24.8 Å². The van der Waals surface area contributed by atoms with Crippen molar-refractivity contribution in [3.8, 4) is 0 Å². The smallest absolute Gasteiger partial charge is 0.261 e. The van der Waals surface area contributed by atoms with Crippen molar-refractivity contribution in [2.75, 3.05) is 17.8 Å². The molecule has 1 heterocycles. The first-order chi connectivity index (χ1) is 13.2. The molecule has 0 saturated carbocycles. The van der Waals surface area contributed by atoms with Gasteiger partial charge in [0.25, 0.3) is 10.0 Å². The van der Waals surface area contributed by atoms with Crippen molar-refractivity contribution in [1.29, 1.82) is 0 Å². The Hall–Kier alpha value is -1.90. The number of anilines is 1. The fourth-order valence-corrected chi connectivity index (χ4v) is 5.84. The molecule has 0 spiro atoms. The zero-order valence-electron chi connectivity index (χ0n) is 16.1. The summed E-state index contributed by atoms with van der Waals surface area (Å²) in [6, 6.07) is 12.7. The van der Waals surface area contributed by atoms with Crippen LogP contribution in [0.2, 0.25) is 0 Å². The molecule has 2 aromatic carbocycles. The van der Waals surface area contributed by atoms with Gasteiger partial charge in [0.15, 0.2) is 0 Å². The lowest BCUT2D eigenvalue weighted by atomic mass is 10.0. The van der Waals surface area contributed by atoms with Crippen LogP contribution in [0.25, 0.3) is 0 Å². The monoisotopic (exact) mass is 422 g/mol. The van der Waals surface area contributed by atoms with Crippen molar-refractivity contribution in [3.63, 3.8) is 0 Å².